The first-order chi connectivity index (χ1) is 9.46. The summed E-state index contributed by atoms with van der Waals surface area (Å²) in [5.41, 5.74) is 12.8. The molecule has 7 heteroatoms. The number of benzene rings is 2. The Morgan fingerprint density at radius 3 is 2.30 bits per heavy atom. The molecule has 0 unspecified atom stereocenters. The fourth-order valence-electron chi connectivity index (χ4n) is 1.96. The molecule has 0 aliphatic heterocycles. The van der Waals surface area contributed by atoms with Gasteiger partial charge in [-0.1, -0.05) is 0 Å². The van der Waals surface area contributed by atoms with Gasteiger partial charge in [-0.2, -0.15) is 0 Å². The number of rotatable bonds is 2. The lowest BCUT2D eigenvalue weighted by atomic mass is 10.3. The second kappa shape index (κ2) is 4.24. The van der Waals surface area contributed by atoms with Gasteiger partial charge in [-0.3, -0.25) is 0 Å². The highest BCUT2D eigenvalue weighted by molar-refractivity contribution is 7.91. The standard InChI is InChI=1S/C13H12N4O2S/c14-8-1-3-9(4-2-8)20(18,19)10-5-6-11-12(7-10)17-13(15)16-11/h1-7H,14H2,(H3,15,16,17). The van der Waals surface area contributed by atoms with Crippen LogP contribution in [0, 0.1) is 0 Å². The van der Waals surface area contributed by atoms with E-state index in [4.69, 9.17) is 11.5 Å². The van der Waals surface area contributed by atoms with E-state index in [9.17, 15) is 8.42 Å². The molecule has 1 heterocycles. The topological polar surface area (TPSA) is 115 Å². The maximum atomic E-state index is 12.5. The predicted octanol–water partition coefficient (Wildman–Crippen LogP) is 1.56. The third-order valence-corrected chi connectivity index (χ3v) is 4.74. The molecular formula is C13H12N4O2S. The zero-order valence-corrected chi connectivity index (χ0v) is 11.2. The van der Waals surface area contributed by atoms with Crippen molar-refractivity contribution in [3.05, 3.63) is 42.5 Å². The number of anilines is 2. The number of sulfone groups is 1. The number of aromatic nitrogens is 2. The number of fused-ring (bicyclic) bond motifs is 1. The van der Waals surface area contributed by atoms with Gasteiger partial charge < -0.3 is 16.5 Å². The van der Waals surface area contributed by atoms with Gasteiger partial charge in [0.1, 0.15) is 0 Å². The van der Waals surface area contributed by atoms with Crippen molar-refractivity contribution in [3.63, 3.8) is 0 Å². The maximum Gasteiger partial charge on any atom is 0.206 e. The lowest BCUT2D eigenvalue weighted by molar-refractivity contribution is 0.596. The van der Waals surface area contributed by atoms with Crippen LogP contribution < -0.4 is 11.5 Å². The van der Waals surface area contributed by atoms with E-state index in [2.05, 4.69) is 9.97 Å². The highest BCUT2D eigenvalue weighted by Gasteiger charge is 2.18. The first kappa shape index (κ1) is 12.5. The van der Waals surface area contributed by atoms with Crippen LogP contribution in [0.15, 0.2) is 52.3 Å². The van der Waals surface area contributed by atoms with Crippen molar-refractivity contribution in [2.24, 2.45) is 0 Å². The molecule has 3 rings (SSSR count). The molecule has 2 aromatic carbocycles. The Morgan fingerprint density at radius 1 is 0.950 bits per heavy atom. The Bertz CT molecular complexity index is 882. The summed E-state index contributed by atoms with van der Waals surface area (Å²) in [4.78, 5) is 7.22. The van der Waals surface area contributed by atoms with Gasteiger partial charge in [0.05, 0.1) is 20.8 Å². The highest BCUT2D eigenvalue weighted by Crippen LogP contribution is 2.24. The molecule has 0 amide bonds. The van der Waals surface area contributed by atoms with Crippen molar-refractivity contribution in [2.75, 3.05) is 11.5 Å². The van der Waals surface area contributed by atoms with E-state index in [1.807, 2.05) is 0 Å². The summed E-state index contributed by atoms with van der Waals surface area (Å²) in [5, 5.41) is 0. The largest absolute Gasteiger partial charge is 0.399 e. The zero-order valence-electron chi connectivity index (χ0n) is 10.4. The third-order valence-electron chi connectivity index (χ3n) is 2.97. The molecule has 0 atom stereocenters. The van der Waals surface area contributed by atoms with Gasteiger partial charge in [-0.15, -0.1) is 0 Å². The molecular weight excluding hydrogens is 276 g/mol. The molecule has 6 nitrogen and oxygen atoms in total. The molecule has 3 aromatic rings. The number of nitrogens with zero attached hydrogens (tertiary/aromatic N) is 1. The van der Waals surface area contributed by atoms with Crippen molar-refractivity contribution in [1.29, 1.82) is 0 Å². The first-order valence-electron chi connectivity index (χ1n) is 5.83. The number of nitrogens with two attached hydrogens (primary N) is 2. The normalized spacial score (nSPS) is 11.8. The molecule has 20 heavy (non-hydrogen) atoms. The van der Waals surface area contributed by atoms with E-state index in [-0.39, 0.29) is 15.7 Å². The van der Waals surface area contributed by atoms with E-state index >= 15 is 0 Å². The Hall–Kier alpha value is -2.54. The monoisotopic (exact) mass is 288 g/mol. The van der Waals surface area contributed by atoms with Crippen molar-refractivity contribution < 1.29 is 8.42 Å². The van der Waals surface area contributed by atoms with Crippen LogP contribution in [0.5, 0.6) is 0 Å². The summed E-state index contributed by atoms with van der Waals surface area (Å²) in [6, 6.07) is 10.7. The van der Waals surface area contributed by atoms with Crippen LogP contribution in [-0.4, -0.2) is 18.4 Å². The van der Waals surface area contributed by atoms with Gasteiger partial charge in [0, 0.05) is 5.69 Å². The lowest BCUT2D eigenvalue weighted by Crippen LogP contribution is -2.02. The van der Waals surface area contributed by atoms with Gasteiger partial charge in [0.2, 0.25) is 9.84 Å². The number of imidazole rings is 1. The third kappa shape index (κ3) is 1.97. The number of nitrogen functional groups attached to an aromatic ring is 2. The summed E-state index contributed by atoms with van der Waals surface area (Å²) in [6.07, 6.45) is 0. The van der Waals surface area contributed by atoms with E-state index in [0.29, 0.717) is 16.7 Å². The van der Waals surface area contributed by atoms with Gasteiger partial charge in [-0.25, -0.2) is 13.4 Å². The van der Waals surface area contributed by atoms with Crippen molar-refractivity contribution >= 4 is 32.5 Å². The fourth-order valence-corrected chi connectivity index (χ4v) is 3.25. The molecule has 0 saturated carbocycles. The van der Waals surface area contributed by atoms with E-state index in [0.717, 1.165) is 0 Å². The Morgan fingerprint density at radius 2 is 1.60 bits per heavy atom. The summed E-state index contributed by atoms with van der Waals surface area (Å²) < 4.78 is 25.0. The van der Waals surface area contributed by atoms with Crippen LogP contribution in [-0.2, 0) is 9.84 Å². The number of H-pyrrole nitrogens is 1. The van der Waals surface area contributed by atoms with Gasteiger partial charge in [-0.05, 0) is 42.5 Å². The van der Waals surface area contributed by atoms with E-state index in [1.165, 1.54) is 24.3 Å². The maximum absolute atomic E-state index is 12.5. The lowest BCUT2D eigenvalue weighted by Gasteiger charge is -2.05. The average molecular weight is 288 g/mol. The smallest absolute Gasteiger partial charge is 0.206 e. The number of hydrogen-bond donors (Lipinski definition) is 3. The minimum atomic E-state index is -3.58. The quantitative estimate of drug-likeness (QED) is 0.619. The minimum Gasteiger partial charge on any atom is -0.399 e. The fraction of sp³-hybridized carbons (Fsp3) is 0. The Kier molecular flexibility index (Phi) is 2.65. The van der Waals surface area contributed by atoms with Crippen LogP contribution >= 0.6 is 0 Å². The summed E-state index contributed by atoms with van der Waals surface area (Å²) in [7, 11) is -3.58. The molecule has 0 radical (unpaired) electrons. The summed E-state index contributed by atoms with van der Waals surface area (Å²) in [6.45, 7) is 0. The van der Waals surface area contributed by atoms with Gasteiger partial charge >= 0.3 is 0 Å². The predicted molar refractivity (Wildman–Crippen MR) is 76.8 cm³/mol. The molecule has 0 aliphatic rings. The van der Waals surface area contributed by atoms with Crippen LogP contribution in [0.4, 0.5) is 11.6 Å². The summed E-state index contributed by atoms with van der Waals surface area (Å²) >= 11 is 0. The number of nitrogens with one attached hydrogen (secondary N) is 1. The minimum absolute atomic E-state index is 0.179. The summed E-state index contributed by atoms with van der Waals surface area (Å²) in [5.74, 6) is 0.252. The Balaban J connectivity index is 2.15. The first-order valence-corrected chi connectivity index (χ1v) is 7.31. The van der Waals surface area contributed by atoms with Crippen LogP contribution in [0.3, 0.4) is 0 Å². The molecule has 0 saturated heterocycles. The molecule has 1 aromatic heterocycles. The van der Waals surface area contributed by atoms with Crippen molar-refractivity contribution in [3.8, 4) is 0 Å². The number of hydrogen-bond acceptors (Lipinski definition) is 5. The Labute approximate surface area is 115 Å². The van der Waals surface area contributed by atoms with Crippen LogP contribution in [0.2, 0.25) is 0 Å². The molecule has 0 bridgehead atoms. The van der Waals surface area contributed by atoms with Crippen molar-refractivity contribution in [1.82, 2.24) is 9.97 Å². The average Bonchev–Trinajstić information content (AvgIpc) is 2.78. The molecule has 0 fully saturated rings. The SMILES string of the molecule is Nc1ccc(S(=O)(=O)c2ccc3nc(N)[nH]c3c2)cc1. The molecule has 0 aliphatic carbocycles. The van der Waals surface area contributed by atoms with E-state index in [1.54, 1.807) is 18.2 Å². The molecule has 5 N–H and O–H groups in total. The van der Waals surface area contributed by atoms with Crippen LogP contribution in [0.1, 0.15) is 0 Å². The van der Waals surface area contributed by atoms with Gasteiger partial charge in [0.15, 0.2) is 5.95 Å². The number of aromatic amines is 1. The van der Waals surface area contributed by atoms with Crippen LogP contribution in [0.25, 0.3) is 11.0 Å². The van der Waals surface area contributed by atoms with E-state index < -0.39 is 9.84 Å². The molecule has 102 valence electrons. The zero-order chi connectivity index (χ0) is 14.3. The second-order valence-electron chi connectivity index (χ2n) is 4.37. The second-order valence-corrected chi connectivity index (χ2v) is 6.32. The highest BCUT2D eigenvalue weighted by atomic mass is 32.2. The van der Waals surface area contributed by atoms with Gasteiger partial charge in [0.25, 0.3) is 0 Å². The van der Waals surface area contributed by atoms with Crippen molar-refractivity contribution in [2.45, 2.75) is 9.79 Å². The molecule has 0 spiro atoms.